The van der Waals surface area contributed by atoms with Crippen LogP contribution in [0, 0.1) is 0 Å². The van der Waals surface area contributed by atoms with Gasteiger partial charge in [-0.25, -0.2) is 5.09 Å². The second-order valence-corrected chi connectivity index (χ2v) is 7.79. The molecule has 0 saturated heterocycles. The summed E-state index contributed by atoms with van der Waals surface area (Å²) in [5, 5.41) is 11.7. The number of carboxylic acid groups (broad SMARTS) is 1. The van der Waals surface area contributed by atoms with E-state index in [1.54, 1.807) is 30.3 Å². The Morgan fingerprint density at radius 1 is 1.00 bits per heavy atom. The highest BCUT2D eigenvalue weighted by Crippen LogP contribution is 2.40. The zero-order valence-corrected chi connectivity index (χ0v) is 14.2. The fourth-order valence-electron chi connectivity index (χ4n) is 2.48. The van der Waals surface area contributed by atoms with Crippen molar-refractivity contribution in [2.75, 3.05) is 6.16 Å². The van der Waals surface area contributed by atoms with Gasteiger partial charge in [-0.05, 0) is 30.4 Å². The molecule has 2 atom stereocenters. The van der Waals surface area contributed by atoms with Gasteiger partial charge in [0.25, 0.3) is 7.52 Å². The van der Waals surface area contributed by atoms with Crippen LogP contribution in [0.2, 0.25) is 0 Å². The van der Waals surface area contributed by atoms with Crippen molar-refractivity contribution in [2.24, 2.45) is 0 Å². The van der Waals surface area contributed by atoms with Gasteiger partial charge in [-0.1, -0.05) is 60.7 Å². The molecule has 128 valence electrons. The van der Waals surface area contributed by atoms with Crippen LogP contribution in [0.1, 0.15) is 30.0 Å². The van der Waals surface area contributed by atoms with Gasteiger partial charge in [-0.15, -0.1) is 0 Å². The number of unbranched alkanes of at least 4 members (excludes halogenated alkanes) is 1. The van der Waals surface area contributed by atoms with Gasteiger partial charge in [-0.2, -0.15) is 0 Å². The second kappa shape index (κ2) is 8.78. The van der Waals surface area contributed by atoms with Crippen molar-refractivity contribution in [1.82, 2.24) is 5.09 Å². The van der Waals surface area contributed by atoms with Gasteiger partial charge in [0.15, 0.2) is 0 Å². The van der Waals surface area contributed by atoms with Crippen LogP contribution < -0.4 is 5.09 Å². The van der Waals surface area contributed by atoms with E-state index in [9.17, 15) is 19.4 Å². The number of aryl methyl sites for hydroxylation is 1. The lowest BCUT2D eigenvalue weighted by Crippen LogP contribution is -2.27. The lowest BCUT2D eigenvalue weighted by Gasteiger charge is -2.19. The first-order valence-corrected chi connectivity index (χ1v) is 9.74. The number of benzene rings is 2. The quantitative estimate of drug-likeness (QED) is 0.476. The summed E-state index contributed by atoms with van der Waals surface area (Å²) in [4.78, 5) is 21.5. The van der Waals surface area contributed by atoms with Crippen LogP contribution in [0.4, 0.5) is 0 Å². The number of carbonyl (C=O) groups is 1. The van der Waals surface area contributed by atoms with Crippen LogP contribution in [0.5, 0.6) is 0 Å². The Hall–Kier alpha value is -1.94. The van der Waals surface area contributed by atoms with Crippen LogP contribution in [-0.2, 0) is 15.8 Å². The predicted octanol–water partition coefficient (Wildman–Crippen LogP) is 3.61. The van der Waals surface area contributed by atoms with Gasteiger partial charge in [0, 0.05) is 6.16 Å². The number of carboxylic acids is 1. The van der Waals surface area contributed by atoms with E-state index in [2.05, 4.69) is 5.09 Å². The molecule has 2 unspecified atom stereocenters. The Morgan fingerprint density at radius 3 is 2.17 bits per heavy atom. The van der Waals surface area contributed by atoms with Gasteiger partial charge in [-0.3, -0.25) is 9.36 Å². The molecule has 0 aliphatic rings. The van der Waals surface area contributed by atoms with Crippen LogP contribution in [0.15, 0.2) is 60.7 Å². The van der Waals surface area contributed by atoms with E-state index in [4.69, 9.17) is 0 Å². The van der Waals surface area contributed by atoms with E-state index in [1.807, 2.05) is 30.3 Å². The molecule has 0 aliphatic carbocycles. The van der Waals surface area contributed by atoms with E-state index in [-0.39, 0.29) is 6.16 Å². The first-order chi connectivity index (χ1) is 11.5. The highest BCUT2D eigenvalue weighted by molar-refractivity contribution is 7.55. The molecule has 2 rings (SSSR count). The normalized spacial score (nSPS) is 14.7. The Balaban J connectivity index is 1.87. The van der Waals surface area contributed by atoms with Gasteiger partial charge in [0.2, 0.25) is 0 Å². The fraction of sp³-hybridized carbons (Fsp3) is 0.278. The Kier molecular flexibility index (Phi) is 6.73. The maximum Gasteiger partial charge on any atom is 0.325 e. The highest BCUT2D eigenvalue weighted by atomic mass is 31.2. The van der Waals surface area contributed by atoms with E-state index < -0.39 is 19.5 Å². The Bertz CT molecular complexity index is 691. The maximum atomic E-state index is 12.3. The number of hydrogen-bond acceptors (Lipinski definition) is 2. The molecule has 0 bridgehead atoms. The van der Waals surface area contributed by atoms with Crippen molar-refractivity contribution in [2.45, 2.75) is 25.3 Å². The number of aliphatic carboxylic acids is 1. The molecule has 0 amide bonds. The van der Waals surface area contributed by atoms with Crippen molar-refractivity contribution in [3.05, 3.63) is 71.8 Å². The summed E-state index contributed by atoms with van der Waals surface area (Å²) in [5.74, 6) is -1.17. The van der Waals surface area contributed by atoms with E-state index in [0.717, 1.165) is 12.8 Å². The monoisotopic (exact) mass is 347 g/mol. The Labute approximate surface area is 141 Å². The molecule has 0 saturated carbocycles. The van der Waals surface area contributed by atoms with Crippen LogP contribution >= 0.6 is 7.52 Å². The average molecular weight is 347 g/mol. The van der Waals surface area contributed by atoms with E-state index in [0.29, 0.717) is 12.0 Å². The molecular weight excluding hydrogens is 325 g/mol. The largest absolute Gasteiger partial charge is 0.480 e. The minimum absolute atomic E-state index is 0.0520. The summed E-state index contributed by atoms with van der Waals surface area (Å²) in [5.41, 5.74) is 1.65. The summed E-state index contributed by atoms with van der Waals surface area (Å²) in [6.45, 7) is 0. The second-order valence-electron chi connectivity index (χ2n) is 5.68. The first-order valence-electron chi connectivity index (χ1n) is 7.89. The lowest BCUT2D eigenvalue weighted by molar-refractivity contribution is -0.139. The molecule has 6 heteroatoms. The van der Waals surface area contributed by atoms with Crippen LogP contribution in [0.25, 0.3) is 0 Å². The topological polar surface area (TPSA) is 86.6 Å². The first kappa shape index (κ1) is 18.4. The molecule has 0 spiro atoms. The third-order valence-electron chi connectivity index (χ3n) is 3.73. The summed E-state index contributed by atoms with van der Waals surface area (Å²) in [6.07, 6.45) is 2.22. The third kappa shape index (κ3) is 5.93. The van der Waals surface area contributed by atoms with Crippen molar-refractivity contribution in [3.63, 3.8) is 0 Å². The summed E-state index contributed by atoms with van der Waals surface area (Å²) >= 11 is 0. The maximum absolute atomic E-state index is 12.3. The molecule has 2 aromatic rings. The van der Waals surface area contributed by atoms with Gasteiger partial charge >= 0.3 is 5.97 Å². The number of hydrogen-bond donors (Lipinski definition) is 3. The van der Waals surface area contributed by atoms with Gasteiger partial charge < -0.3 is 10.00 Å². The average Bonchev–Trinajstić information content (AvgIpc) is 2.58. The van der Waals surface area contributed by atoms with Crippen LogP contribution in [0.3, 0.4) is 0 Å². The summed E-state index contributed by atoms with van der Waals surface area (Å²) in [6, 6.07) is 17.2. The van der Waals surface area contributed by atoms with E-state index in [1.165, 1.54) is 5.56 Å². The zero-order chi connectivity index (χ0) is 17.4. The van der Waals surface area contributed by atoms with E-state index >= 15 is 0 Å². The van der Waals surface area contributed by atoms with Crippen molar-refractivity contribution < 1.29 is 19.4 Å². The Morgan fingerprint density at radius 2 is 1.58 bits per heavy atom. The molecule has 0 aromatic heterocycles. The zero-order valence-electron chi connectivity index (χ0n) is 13.3. The summed E-state index contributed by atoms with van der Waals surface area (Å²) < 4.78 is 12.3. The molecule has 0 radical (unpaired) electrons. The molecule has 0 fully saturated rings. The standard InChI is InChI=1S/C18H22NO4P/c20-18(21)17(16-12-5-2-6-13-16)19-24(22,23)14-8-7-11-15-9-3-1-4-10-15/h1-6,9-10,12-13,17H,7-8,11,14H2,(H,20,21)(H2,19,22,23). The lowest BCUT2D eigenvalue weighted by atomic mass is 10.1. The summed E-state index contributed by atoms with van der Waals surface area (Å²) in [7, 11) is -3.72. The minimum Gasteiger partial charge on any atom is -0.480 e. The van der Waals surface area contributed by atoms with Gasteiger partial charge in [0.1, 0.15) is 6.04 Å². The predicted molar refractivity (Wildman–Crippen MR) is 94.0 cm³/mol. The minimum atomic E-state index is -3.72. The van der Waals surface area contributed by atoms with Crippen molar-refractivity contribution in [3.8, 4) is 0 Å². The highest BCUT2D eigenvalue weighted by Gasteiger charge is 2.28. The molecule has 0 aliphatic heterocycles. The van der Waals surface area contributed by atoms with Crippen LogP contribution in [-0.4, -0.2) is 22.1 Å². The number of rotatable bonds is 9. The van der Waals surface area contributed by atoms with Crippen molar-refractivity contribution in [1.29, 1.82) is 0 Å². The van der Waals surface area contributed by atoms with Crippen molar-refractivity contribution >= 4 is 13.5 Å². The molecule has 24 heavy (non-hydrogen) atoms. The molecule has 2 aromatic carbocycles. The molecule has 5 nitrogen and oxygen atoms in total. The third-order valence-corrected chi connectivity index (χ3v) is 5.31. The molecule has 0 heterocycles. The fourth-order valence-corrected chi connectivity index (χ4v) is 3.93. The molecule has 3 N–H and O–H groups in total. The smallest absolute Gasteiger partial charge is 0.325 e. The molecular formula is C18H22NO4P. The number of nitrogens with one attached hydrogen (secondary N) is 1. The van der Waals surface area contributed by atoms with Gasteiger partial charge in [0.05, 0.1) is 0 Å². The SMILES string of the molecule is O=C(O)C(NP(=O)(O)CCCCc1ccccc1)c1ccccc1.